The Bertz CT molecular complexity index is 765. The normalized spacial score (nSPS) is 15.3. The number of rotatable bonds is 3. The summed E-state index contributed by atoms with van der Waals surface area (Å²) in [6.07, 6.45) is 3.17. The quantitative estimate of drug-likeness (QED) is 0.845. The molecule has 0 aromatic carbocycles. The maximum atomic E-state index is 12.5. The summed E-state index contributed by atoms with van der Waals surface area (Å²) in [7, 11) is 2.12. The van der Waals surface area contributed by atoms with Crippen LogP contribution in [0, 0.1) is 13.8 Å². The Kier molecular flexibility index (Phi) is 5.29. The van der Waals surface area contributed by atoms with Gasteiger partial charge in [0.25, 0.3) is 5.91 Å². The van der Waals surface area contributed by atoms with Crippen molar-refractivity contribution in [2.75, 3.05) is 43.4 Å². The molecule has 0 bridgehead atoms. The lowest BCUT2D eigenvalue weighted by Crippen LogP contribution is -2.45. The van der Waals surface area contributed by atoms with E-state index >= 15 is 0 Å². The van der Waals surface area contributed by atoms with Crippen molar-refractivity contribution < 1.29 is 4.79 Å². The predicted octanol–water partition coefficient (Wildman–Crippen LogP) is 2.26. The first-order valence-corrected chi connectivity index (χ1v) is 8.94. The molecular formula is C17H21BrN6O. The average molecular weight is 405 g/mol. The summed E-state index contributed by atoms with van der Waals surface area (Å²) < 4.78 is 0.759. The van der Waals surface area contributed by atoms with Crippen molar-refractivity contribution >= 4 is 33.5 Å². The molecule has 1 fully saturated rings. The van der Waals surface area contributed by atoms with Gasteiger partial charge in [0, 0.05) is 43.0 Å². The lowest BCUT2D eigenvalue weighted by Gasteiger charge is -2.32. The molecule has 0 unspecified atom stereocenters. The van der Waals surface area contributed by atoms with Crippen LogP contribution < -0.4 is 10.2 Å². The second-order valence-corrected chi connectivity index (χ2v) is 7.12. The van der Waals surface area contributed by atoms with E-state index in [1.165, 1.54) is 6.20 Å². The predicted molar refractivity (Wildman–Crippen MR) is 101 cm³/mol. The number of aryl methyl sites for hydroxylation is 2. The van der Waals surface area contributed by atoms with E-state index in [0.29, 0.717) is 11.3 Å². The summed E-state index contributed by atoms with van der Waals surface area (Å²) in [6.45, 7) is 7.59. The maximum Gasteiger partial charge on any atom is 0.257 e. The fourth-order valence-corrected chi connectivity index (χ4v) is 3.11. The molecule has 132 valence electrons. The Hall–Kier alpha value is -2.06. The number of piperazine rings is 1. The third-order valence-electron chi connectivity index (χ3n) is 4.25. The van der Waals surface area contributed by atoms with Crippen molar-refractivity contribution in [2.24, 2.45) is 0 Å². The van der Waals surface area contributed by atoms with Gasteiger partial charge in [-0.1, -0.05) is 0 Å². The lowest BCUT2D eigenvalue weighted by molar-refractivity contribution is 0.102. The number of halogens is 1. The van der Waals surface area contributed by atoms with Gasteiger partial charge in [-0.15, -0.1) is 0 Å². The minimum absolute atomic E-state index is 0.226. The number of nitrogens with one attached hydrogen (secondary N) is 1. The Morgan fingerprint density at radius 2 is 1.76 bits per heavy atom. The van der Waals surface area contributed by atoms with Crippen LogP contribution in [0.2, 0.25) is 0 Å². The smallest absolute Gasteiger partial charge is 0.257 e. The lowest BCUT2D eigenvalue weighted by atomic mass is 10.2. The zero-order valence-corrected chi connectivity index (χ0v) is 16.2. The summed E-state index contributed by atoms with van der Waals surface area (Å²) in [6, 6.07) is 1.73. The third kappa shape index (κ3) is 4.13. The molecule has 1 aliphatic heterocycles. The fourth-order valence-electron chi connectivity index (χ4n) is 2.75. The molecule has 3 heterocycles. The van der Waals surface area contributed by atoms with Gasteiger partial charge in [0.15, 0.2) is 0 Å². The molecule has 2 aromatic rings. The van der Waals surface area contributed by atoms with Crippen molar-refractivity contribution in [3.63, 3.8) is 0 Å². The molecule has 1 aliphatic rings. The number of aromatic nitrogens is 3. The molecule has 0 saturated carbocycles. The van der Waals surface area contributed by atoms with E-state index in [4.69, 9.17) is 0 Å². The van der Waals surface area contributed by atoms with Crippen molar-refractivity contribution in [2.45, 2.75) is 13.8 Å². The highest BCUT2D eigenvalue weighted by Gasteiger charge is 2.19. The number of likely N-dealkylation sites (N-methyl/N-ethyl adjacent to an activating group) is 1. The minimum Gasteiger partial charge on any atom is -0.338 e. The molecule has 0 radical (unpaired) electrons. The standard InChI is InChI=1S/C17H21BrN6O/c1-11-15(22-16(25)13-8-14(18)10-19-9-13)12(2)21-17(20-11)24-6-4-23(3)5-7-24/h8-10H,4-7H2,1-3H3,(H,22,25). The molecule has 8 heteroatoms. The Balaban J connectivity index is 1.79. The monoisotopic (exact) mass is 404 g/mol. The van der Waals surface area contributed by atoms with E-state index in [1.807, 2.05) is 13.8 Å². The average Bonchev–Trinajstić information content (AvgIpc) is 2.58. The molecule has 25 heavy (non-hydrogen) atoms. The molecule has 0 spiro atoms. The first-order chi connectivity index (χ1) is 11.9. The van der Waals surface area contributed by atoms with Gasteiger partial charge >= 0.3 is 0 Å². The summed E-state index contributed by atoms with van der Waals surface area (Å²) in [5.74, 6) is 0.501. The minimum atomic E-state index is -0.226. The van der Waals surface area contributed by atoms with Crippen LogP contribution in [-0.2, 0) is 0 Å². The molecule has 3 rings (SSSR count). The number of anilines is 2. The van der Waals surface area contributed by atoms with Crippen LogP contribution in [0.1, 0.15) is 21.7 Å². The van der Waals surface area contributed by atoms with Gasteiger partial charge in [-0.05, 0) is 42.9 Å². The first kappa shape index (κ1) is 17.8. The van der Waals surface area contributed by atoms with Gasteiger partial charge in [-0.25, -0.2) is 9.97 Å². The van der Waals surface area contributed by atoms with Crippen LogP contribution >= 0.6 is 15.9 Å². The highest BCUT2D eigenvalue weighted by Crippen LogP contribution is 2.22. The second-order valence-electron chi connectivity index (χ2n) is 6.21. The number of amides is 1. The largest absolute Gasteiger partial charge is 0.338 e. The maximum absolute atomic E-state index is 12.5. The fraction of sp³-hybridized carbons (Fsp3) is 0.412. The van der Waals surface area contributed by atoms with Gasteiger partial charge < -0.3 is 15.1 Å². The van der Waals surface area contributed by atoms with E-state index in [-0.39, 0.29) is 5.91 Å². The van der Waals surface area contributed by atoms with Gasteiger partial charge in [-0.2, -0.15) is 0 Å². The van der Waals surface area contributed by atoms with Crippen LogP contribution in [0.3, 0.4) is 0 Å². The molecule has 0 aliphatic carbocycles. The summed E-state index contributed by atoms with van der Waals surface area (Å²) in [4.78, 5) is 30.2. The highest BCUT2D eigenvalue weighted by atomic mass is 79.9. The van der Waals surface area contributed by atoms with Gasteiger partial charge in [0.1, 0.15) is 0 Å². The number of pyridine rings is 1. The zero-order chi connectivity index (χ0) is 18.0. The topological polar surface area (TPSA) is 74.2 Å². The van der Waals surface area contributed by atoms with E-state index in [1.54, 1.807) is 12.3 Å². The second kappa shape index (κ2) is 7.45. The summed E-state index contributed by atoms with van der Waals surface area (Å²) in [5.41, 5.74) is 2.66. The van der Waals surface area contributed by atoms with Crippen molar-refractivity contribution in [3.05, 3.63) is 39.9 Å². The SMILES string of the molecule is Cc1nc(N2CCN(C)CC2)nc(C)c1NC(=O)c1cncc(Br)c1. The molecule has 7 nitrogen and oxygen atoms in total. The summed E-state index contributed by atoms with van der Waals surface area (Å²) >= 11 is 3.33. The number of carbonyl (C=O) groups excluding carboxylic acids is 1. The zero-order valence-electron chi connectivity index (χ0n) is 14.6. The number of hydrogen-bond donors (Lipinski definition) is 1. The van der Waals surface area contributed by atoms with Crippen LogP contribution in [-0.4, -0.2) is 59.0 Å². The van der Waals surface area contributed by atoms with Gasteiger partial charge in [0.2, 0.25) is 5.95 Å². The van der Waals surface area contributed by atoms with Crippen LogP contribution in [0.25, 0.3) is 0 Å². The van der Waals surface area contributed by atoms with Crippen LogP contribution in [0.4, 0.5) is 11.6 Å². The first-order valence-electron chi connectivity index (χ1n) is 8.14. The summed E-state index contributed by atoms with van der Waals surface area (Å²) in [5, 5.41) is 2.91. The number of carbonyl (C=O) groups is 1. The van der Waals surface area contributed by atoms with E-state index in [0.717, 1.165) is 48.0 Å². The third-order valence-corrected chi connectivity index (χ3v) is 4.68. The Labute approximate surface area is 155 Å². The van der Waals surface area contributed by atoms with Gasteiger partial charge in [0.05, 0.1) is 22.6 Å². The van der Waals surface area contributed by atoms with E-state index in [2.05, 4.69) is 53.0 Å². The van der Waals surface area contributed by atoms with Crippen LogP contribution in [0.5, 0.6) is 0 Å². The molecule has 1 N–H and O–H groups in total. The Morgan fingerprint density at radius 1 is 1.12 bits per heavy atom. The van der Waals surface area contributed by atoms with Crippen molar-refractivity contribution in [1.82, 2.24) is 19.9 Å². The molecule has 0 atom stereocenters. The Morgan fingerprint density at radius 3 is 2.36 bits per heavy atom. The van der Waals surface area contributed by atoms with Crippen LogP contribution in [0.15, 0.2) is 22.9 Å². The molecular weight excluding hydrogens is 384 g/mol. The van der Waals surface area contributed by atoms with E-state index in [9.17, 15) is 4.79 Å². The number of hydrogen-bond acceptors (Lipinski definition) is 6. The van der Waals surface area contributed by atoms with Gasteiger partial charge in [-0.3, -0.25) is 9.78 Å². The van der Waals surface area contributed by atoms with Crippen molar-refractivity contribution in [1.29, 1.82) is 0 Å². The molecule has 1 saturated heterocycles. The van der Waals surface area contributed by atoms with E-state index < -0.39 is 0 Å². The van der Waals surface area contributed by atoms with Crippen molar-refractivity contribution in [3.8, 4) is 0 Å². The molecule has 2 aromatic heterocycles. The number of nitrogens with zero attached hydrogens (tertiary/aromatic N) is 5. The molecule has 1 amide bonds. The highest BCUT2D eigenvalue weighted by molar-refractivity contribution is 9.10.